The van der Waals surface area contributed by atoms with Crippen molar-refractivity contribution in [2.75, 3.05) is 23.7 Å². The first-order chi connectivity index (χ1) is 11.6. The molecule has 5 nitrogen and oxygen atoms in total. The summed E-state index contributed by atoms with van der Waals surface area (Å²) < 4.78 is 0. The van der Waals surface area contributed by atoms with Crippen LogP contribution in [0.5, 0.6) is 0 Å². The second-order valence-electron chi connectivity index (χ2n) is 5.91. The molecule has 0 aromatic heterocycles. The van der Waals surface area contributed by atoms with Crippen LogP contribution >= 0.6 is 12.4 Å². The van der Waals surface area contributed by atoms with Gasteiger partial charge in [0.2, 0.25) is 5.91 Å². The van der Waals surface area contributed by atoms with E-state index in [1.807, 2.05) is 23.1 Å². The topological polar surface area (TPSA) is 75.4 Å². The van der Waals surface area contributed by atoms with Gasteiger partial charge in [0.15, 0.2) is 0 Å². The quantitative estimate of drug-likeness (QED) is 0.636. The Bertz CT molecular complexity index is 764. The Labute approximate surface area is 153 Å². The Balaban J connectivity index is 0.00000225. The van der Waals surface area contributed by atoms with Crippen molar-refractivity contribution in [1.29, 1.82) is 0 Å². The van der Waals surface area contributed by atoms with Crippen molar-refractivity contribution >= 4 is 35.6 Å². The molecular formula is C19H22ClN3O2. The number of halogens is 1. The monoisotopic (exact) mass is 359 g/mol. The number of nitrogens with zero attached hydrogens (tertiary/aromatic N) is 1. The lowest BCUT2D eigenvalue weighted by Crippen LogP contribution is -2.30. The average Bonchev–Trinajstić information content (AvgIpc) is 3.02. The number of para-hydroxylation sites is 1. The lowest BCUT2D eigenvalue weighted by atomic mass is 10.2. The Morgan fingerprint density at radius 2 is 1.92 bits per heavy atom. The number of carbonyl (C=O) groups excluding carboxylic acids is 2. The predicted molar refractivity (Wildman–Crippen MR) is 102 cm³/mol. The van der Waals surface area contributed by atoms with E-state index in [4.69, 9.17) is 5.73 Å². The number of nitrogen functional groups attached to an aromatic ring is 1. The maximum absolute atomic E-state index is 12.4. The molecule has 2 aromatic rings. The largest absolute Gasteiger partial charge is 0.399 e. The van der Waals surface area contributed by atoms with E-state index in [-0.39, 0.29) is 24.2 Å². The second kappa shape index (κ2) is 8.53. The van der Waals surface area contributed by atoms with Gasteiger partial charge in [0.1, 0.15) is 0 Å². The third-order valence-electron chi connectivity index (χ3n) is 4.19. The molecule has 1 aliphatic heterocycles. The van der Waals surface area contributed by atoms with E-state index < -0.39 is 0 Å². The maximum Gasteiger partial charge on any atom is 0.251 e. The van der Waals surface area contributed by atoms with Gasteiger partial charge in [0.05, 0.1) is 0 Å². The number of carbonyl (C=O) groups is 2. The number of hydrogen-bond donors (Lipinski definition) is 2. The zero-order chi connectivity index (χ0) is 16.9. The van der Waals surface area contributed by atoms with Gasteiger partial charge in [-0.25, -0.2) is 0 Å². The molecule has 2 amide bonds. The number of anilines is 2. The fourth-order valence-corrected chi connectivity index (χ4v) is 2.96. The summed E-state index contributed by atoms with van der Waals surface area (Å²) in [6.07, 6.45) is 1.95. The van der Waals surface area contributed by atoms with Crippen LogP contribution in [0, 0.1) is 0 Å². The number of nitrogens with one attached hydrogen (secondary N) is 1. The zero-order valence-corrected chi connectivity index (χ0v) is 14.7. The molecule has 6 heteroatoms. The average molecular weight is 360 g/mol. The fourth-order valence-electron chi connectivity index (χ4n) is 2.96. The van der Waals surface area contributed by atoms with Crippen LogP contribution in [0.2, 0.25) is 0 Å². The molecule has 132 valence electrons. The zero-order valence-electron chi connectivity index (χ0n) is 13.9. The van der Waals surface area contributed by atoms with Gasteiger partial charge in [-0.3, -0.25) is 9.59 Å². The van der Waals surface area contributed by atoms with Gasteiger partial charge in [-0.15, -0.1) is 12.4 Å². The lowest BCUT2D eigenvalue weighted by Gasteiger charge is -2.17. The molecule has 3 N–H and O–H groups in total. The number of hydrogen-bond acceptors (Lipinski definition) is 3. The lowest BCUT2D eigenvalue weighted by molar-refractivity contribution is -0.118. The van der Waals surface area contributed by atoms with Gasteiger partial charge in [-0.05, 0) is 42.7 Å². The minimum Gasteiger partial charge on any atom is -0.399 e. The second-order valence-corrected chi connectivity index (χ2v) is 5.91. The smallest absolute Gasteiger partial charge is 0.251 e. The van der Waals surface area contributed by atoms with Crippen LogP contribution in [0.3, 0.4) is 0 Å². The highest BCUT2D eigenvalue weighted by Gasteiger charge is 2.23. The van der Waals surface area contributed by atoms with Gasteiger partial charge in [-0.2, -0.15) is 0 Å². The first-order valence-electron chi connectivity index (χ1n) is 8.17. The predicted octanol–water partition coefficient (Wildman–Crippen LogP) is 2.79. The van der Waals surface area contributed by atoms with E-state index in [1.54, 1.807) is 24.3 Å². The van der Waals surface area contributed by atoms with E-state index in [9.17, 15) is 9.59 Å². The van der Waals surface area contributed by atoms with E-state index in [0.717, 1.165) is 18.7 Å². The Morgan fingerprint density at radius 3 is 2.72 bits per heavy atom. The van der Waals surface area contributed by atoms with Crippen LogP contribution in [-0.2, 0) is 11.2 Å². The summed E-state index contributed by atoms with van der Waals surface area (Å²) in [5, 5.41) is 2.83. The third kappa shape index (κ3) is 4.51. The van der Waals surface area contributed by atoms with Crippen molar-refractivity contribution in [3.8, 4) is 0 Å². The first kappa shape index (κ1) is 18.8. The van der Waals surface area contributed by atoms with Gasteiger partial charge in [-0.1, -0.05) is 24.3 Å². The molecule has 0 saturated carbocycles. The molecule has 25 heavy (non-hydrogen) atoms. The van der Waals surface area contributed by atoms with E-state index in [1.165, 1.54) is 5.56 Å². The Hall–Kier alpha value is -2.53. The summed E-state index contributed by atoms with van der Waals surface area (Å²) in [6, 6.07) is 14.9. The number of amides is 2. The van der Waals surface area contributed by atoms with Gasteiger partial charge in [0.25, 0.3) is 5.91 Å². The molecular weight excluding hydrogens is 338 g/mol. The van der Waals surface area contributed by atoms with Crippen LogP contribution in [0.1, 0.15) is 28.8 Å². The minimum absolute atomic E-state index is 0. The standard InChI is InChI=1S/C19H21N3O2.ClH/c20-16-7-3-6-15(13-16)19(24)21-11-4-9-18(23)22-12-10-14-5-1-2-8-17(14)22;/h1-3,5-8,13H,4,9-12,20H2,(H,21,24);1H. The van der Waals surface area contributed by atoms with E-state index in [2.05, 4.69) is 11.4 Å². The highest BCUT2D eigenvalue weighted by molar-refractivity contribution is 5.96. The van der Waals surface area contributed by atoms with E-state index in [0.29, 0.717) is 30.6 Å². The molecule has 0 aliphatic carbocycles. The summed E-state index contributed by atoms with van der Waals surface area (Å²) in [7, 11) is 0. The summed E-state index contributed by atoms with van der Waals surface area (Å²) >= 11 is 0. The summed E-state index contributed by atoms with van der Waals surface area (Å²) in [5.74, 6) is -0.0561. The molecule has 0 unspecified atom stereocenters. The van der Waals surface area contributed by atoms with Crippen molar-refractivity contribution in [2.45, 2.75) is 19.3 Å². The van der Waals surface area contributed by atoms with Crippen LogP contribution < -0.4 is 16.0 Å². The van der Waals surface area contributed by atoms with Crippen LogP contribution in [0.15, 0.2) is 48.5 Å². The van der Waals surface area contributed by atoms with Gasteiger partial charge in [0, 0.05) is 36.4 Å². The first-order valence-corrected chi connectivity index (χ1v) is 8.17. The molecule has 0 atom stereocenters. The molecule has 0 saturated heterocycles. The Kier molecular flexibility index (Phi) is 6.42. The van der Waals surface area contributed by atoms with Crippen molar-refractivity contribution in [3.63, 3.8) is 0 Å². The van der Waals surface area contributed by atoms with Gasteiger partial charge < -0.3 is 16.0 Å². The molecule has 0 spiro atoms. The molecule has 1 aliphatic rings. The molecule has 3 rings (SSSR count). The molecule has 0 bridgehead atoms. The number of rotatable bonds is 5. The maximum atomic E-state index is 12.4. The fraction of sp³-hybridized carbons (Fsp3) is 0.263. The van der Waals surface area contributed by atoms with Crippen molar-refractivity contribution in [3.05, 3.63) is 59.7 Å². The SMILES string of the molecule is Cl.Nc1cccc(C(=O)NCCCC(=O)N2CCc3ccccc32)c1. The highest BCUT2D eigenvalue weighted by Crippen LogP contribution is 2.27. The summed E-state index contributed by atoms with van der Waals surface area (Å²) in [5.41, 5.74) is 9.01. The molecule has 0 radical (unpaired) electrons. The van der Waals surface area contributed by atoms with Crippen LogP contribution in [0.25, 0.3) is 0 Å². The molecule has 2 aromatic carbocycles. The van der Waals surface area contributed by atoms with Crippen LogP contribution in [0.4, 0.5) is 11.4 Å². The van der Waals surface area contributed by atoms with Gasteiger partial charge >= 0.3 is 0 Å². The minimum atomic E-state index is -0.165. The van der Waals surface area contributed by atoms with Crippen LogP contribution in [-0.4, -0.2) is 24.9 Å². The highest BCUT2D eigenvalue weighted by atomic mass is 35.5. The van der Waals surface area contributed by atoms with E-state index >= 15 is 0 Å². The van der Waals surface area contributed by atoms with Crippen molar-refractivity contribution in [2.24, 2.45) is 0 Å². The Morgan fingerprint density at radius 1 is 1.12 bits per heavy atom. The summed E-state index contributed by atoms with van der Waals surface area (Å²) in [6.45, 7) is 1.21. The number of benzene rings is 2. The molecule has 1 heterocycles. The molecule has 0 fully saturated rings. The normalized spacial score (nSPS) is 12.2. The summed E-state index contributed by atoms with van der Waals surface area (Å²) in [4.78, 5) is 26.2. The van der Waals surface area contributed by atoms with Crippen molar-refractivity contribution < 1.29 is 9.59 Å². The number of nitrogens with two attached hydrogens (primary N) is 1. The third-order valence-corrected chi connectivity index (χ3v) is 4.19. The number of fused-ring (bicyclic) bond motifs is 1. The van der Waals surface area contributed by atoms with Crippen molar-refractivity contribution in [1.82, 2.24) is 5.32 Å².